The Kier molecular flexibility index (Phi) is 5.03. The molecule has 11 atom stereocenters. The van der Waals surface area contributed by atoms with Crippen LogP contribution in [-0.4, -0.2) is 28.7 Å². The first kappa shape index (κ1) is 19.9. The number of rotatable bonds is 3. The summed E-state index contributed by atoms with van der Waals surface area (Å²) in [5, 5.41) is 22.0. The third-order valence-electron chi connectivity index (χ3n) is 10.3. The molecule has 4 fully saturated rings. The molecule has 0 aromatic rings. The van der Waals surface area contributed by atoms with Gasteiger partial charge in [-0.3, -0.25) is 0 Å². The molecule has 2 N–H and O–H groups in total. The molecule has 154 valence electrons. The van der Waals surface area contributed by atoms with Gasteiger partial charge in [0.05, 0.1) is 12.2 Å². The lowest BCUT2D eigenvalue weighted by molar-refractivity contribution is -0.203. The Morgan fingerprint density at radius 3 is 2.33 bits per heavy atom. The Labute approximate surface area is 165 Å². The summed E-state index contributed by atoms with van der Waals surface area (Å²) in [6, 6.07) is 0. The average molecular weight is 377 g/mol. The lowest BCUT2D eigenvalue weighted by Gasteiger charge is -2.64. The van der Waals surface area contributed by atoms with Crippen LogP contribution in [0.25, 0.3) is 0 Å². The third kappa shape index (κ3) is 2.70. The van der Waals surface area contributed by atoms with Crippen molar-refractivity contribution in [3.8, 4) is 0 Å². The van der Waals surface area contributed by atoms with Crippen LogP contribution >= 0.6 is 0 Å². The summed E-state index contributed by atoms with van der Waals surface area (Å²) in [4.78, 5) is 11.6. The molecule has 3 heteroatoms. The van der Waals surface area contributed by atoms with Gasteiger partial charge in [-0.2, -0.15) is 0 Å². The number of hydrogen-bond acceptors (Lipinski definition) is 3. The quantitative estimate of drug-likeness (QED) is 0.716. The van der Waals surface area contributed by atoms with Crippen LogP contribution in [0.3, 0.4) is 0 Å². The molecule has 0 bridgehead atoms. The van der Waals surface area contributed by atoms with Crippen LogP contribution in [0.2, 0.25) is 0 Å². The largest absolute Gasteiger partial charge is 0.393 e. The molecule has 0 aromatic carbocycles. The number of aliphatic hydroxyl groups excluding tert-OH is 2. The number of carbonyl (C=O) groups is 1. The highest BCUT2D eigenvalue weighted by molar-refractivity contribution is 5.53. The normalized spacial score (nSPS) is 55.9. The number of carbonyl (C=O) groups excluding carboxylic acids is 1. The second-order valence-corrected chi connectivity index (χ2v) is 11.1. The van der Waals surface area contributed by atoms with Crippen LogP contribution in [0, 0.1) is 52.3 Å². The van der Waals surface area contributed by atoms with E-state index in [0.717, 1.165) is 38.4 Å². The van der Waals surface area contributed by atoms with E-state index in [4.69, 9.17) is 0 Å². The summed E-state index contributed by atoms with van der Waals surface area (Å²) in [7, 11) is 0. The van der Waals surface area contributed by atoms with Gasteiger partial charge in [-0.1, -0.05) is 34.1 Å². The Bertz CT molecular complexity index is 576. The van der Waals surface area contributed by atoms with Gasteiger partial charge in [0.1, 0.15) is 6.29 Å². The Balaban J connectivity index is 1.70. The molecule has 0 aromatic heterocycles. The maximum atomic E-state index is 11.6. The van der Waals surface area contributed by atoms with Crippen LogP contribution in [0.4, 0.5) is 0 Å². The topological polar surface area (TPSA) is 57.5 Å². The van der Waals surface area contributed by atoms with E-state index in [-0.39, 0.29) is 29.0 Å². The zero-order valence-corrected chi connectivity index (χ0v) is 17.7. The maximum Gasteiger partial charge on any atom is 0.123 e. The highest BCUT2D eigenvalue weighted by Gasteiger charge is 2.64. The minimum Gasteiger partial charge on any atom is -0.393 e. The predicted molar refractivity (Wildman–Crippen MR) is 107 cm³/mol. The minimum atomic E-state index is -0.238. The van der Waals surface area contributed by atoms with Crippen molar-refractivity contribution in [3.63, 3.8) is 0 Å². The molecule has 0 heterocycles. The molecule has 5 unspecified atom stereocenters. The van der Waals surface area contributed by atoms with Gasteiger partial charge in [0.25, 0.3) is 0 Å². The summed E-state index contributed by atoms with van der Waals surface area (Å²) in [5.74, 6) is 2.90. The van der Waals surface area contributed by atoms with Crippen molar-refractivity contribution < 1.29 is 15.0 Å². The zero-order valence-electron chi connectivity index (χ0n) is 17.7. The molecular weight excluding hydrogens is 336 g/mol. The second kappa shape index (κ2) is 6.83. The van der Waals surface area contributed by atoms with Gasteiger partial charge in [0.15, 0.2) is 0 Å². The molecule has 4 aliphatic rings. The van der Waals surface area contributed by atoms with Crippen molar-refractivity contribution in [1.29, 1.82) is 0 Å². The van der Waals surface area contributed by atoms with Crippen molar-refractivity contribution >= 4 is 6.29 Å². The molecule has 4 saturated carbocycles. The Hall–Kier alpha value is -0.410. The number of aliphatic hydroxyl groups is 2. The van der Waals surface area contributed by atoms with Gasteiger partial charge < -0.3 is 15.0 Å². The van der Waals surface area contributed by atoms with E-state index in [1.165, 1.54) is 19.3 Å². The second-order valence-electron chi connectivity index (χ2n) is 11.1. The molecule has 27 heavy (non-hydrogen) atoms. The third-order valence-corrected chi connectivity index (χ3v) is 10.3. The smallest absolute Gasteiger partial charge is 0.123 e. The Morgan fingerprint density at radius 1 is 1.00 bits per heavy atom. The number of aldehydes is 1. The summed E-state index contributed by atoms with van der Waals surface area (Å²) in [5.41, 5.74) is 0.470. The molecular formula is C24H40O3. The molecule has 0 amide bonds. The van der Waals surface area contributed by atoms with Crippen molar-refractivity contribution in [2.75, 3.05) is 0 Å². The SMILES string of the molecule is CC[C@H]1C(O)C2C(CC[C@@]3(C)C2CC[C@@H]3[C@H](C)C=O)[C@@]2(C)CC[C@@H](O)CC12. The lowest BCUT2D eigenvalue weighted by atomic mass is 9.41. The van der Waals surface area contributed by atoms with Crippen molar-refractivity contribution in [3.05, 3.63) is 0 Å². The molecule has 0 aliphatic heterocycles. The van der Waals surface area contributed by atoms with Gasteiger partial charge in [0, 0.05) is 5.92 Å². The monoisotopic (exact) mass is 376 g/mol. The van der Waals surface area contributed by atoms with Gasteiger partial charge in [-0.25, -0.2) is 0 Å². The van der Waals surface area contributed by atoms with E-state index < -0.39 is 0 Å². The van der Waals surface area contributed by atoms with Gasteiger partial charge >= 0.3 is 0 Å². The number of hydrogen-bond donors (Lipinski definition) is 2. The van der Waals surface area contributed by atoms with Crippen molar-refractivity contribution in [1.82, 2.24) is 0 Å². The van der Waals surface area contributed by atoms with Crippen LogP contribution in [0.5, 0.6) is 0 Å². The lowest BCUT2D eigenvalue weighted by Crippen LogP contribution is -2.62. The van der Waals surface area contributed by atoms with E-state index >= 15 is 0 Å². The molecule has 0 spiro atoms. The van der Waals surface area contributed by atoms with Crippen LogP contribution in [0.15, 0.2) is 0 Å². The first-order chi connectivity index (χ1) is 12.8. The summed E-state index contributed by atoms with van der Waals surface area (Å²) < 4.78 is 0. The van der Waals surface area contributed by atoms with Gasteiger partial charge in [-0.05, 0) is 91.3 Å². The predicted octanol–water partition coefficient (Wildman–Crippen LogP) is 4.45. The summed E-state index contributed by atoms with van der Waals surface area (Å²) in [6.07, 6.45) is 9.39. The fourth-order valence-electron chi connectivity index (χ4n) is 8.96. The highest BCUT2D eigenvalue weighted by Crippen LogP contribution is 2.69. The molecule has 4 aliphatic carbocycles. The highest BCUT2D eigenvalue weighted by atomic mass is 16.3. The van der Waals surface area contributed by atoms with Gasteiger partial charge in [0.2, 0.25) is 0 Å². The molecule has 3 nitrogen and oxygen atoms in total. The standard InChI is InChI=1S/C24H40O3/c1-5-16-20-12-15(26)8-10-24(20,4)19-9-11-23(3)17(14(2)13-25)6-7-18(23)21(19)22(16)27/h13-22,26-27H,5-12H2,1-4H3/t14-,15-,16-,17-,18?,19?,20?,21?,22?,23-,24-/m1/s1. The van der Waals surface area contributed by atoms with Crippen LogP contribution in [0.1, 0.15) is 79.1 Å². The molecule has 4 rings (SSSR count). The first-order valence-electron chi connectivity index (χ1n) is 11.6. The zero-order chi connectivity index (χ0) is 19.6. The van der Waals surface area contributed by atoms with Crippen LogP contribution < -0.4 is 0 Å². The number of fused-ring (bicyclic) bond motifs is 5. The first-order valence-corrected chi connectivity index (χ1v) is 11.6. The fraction of sp³-hybridized carbons (Fsp3) is 0.958. The Morgan fingerprint density at radius 2 is 1.67 bits per heavy atom. The van der Waals surface area contributed by atoms with Gasteiger partial charge in [-0.15, -0.1) is 0 Å². The average Bonchev–Trinajstić information content (AvgIpc) is 3.00. The molecule has 0 saturated heterocycles. The summed E-state index contributed by atoms with van der Waals surface area (Å²) >= 11 is 0. The minimum absolute atomic E-state index is 0.132. The van der Waals surface area contributed by atoms with E-state index in [1.54, 1.807) is 0 Å². The van der Waals surface area contributed by atoms with Crippen LogP contribution in [-0.2, 0) is 4.79 Å². The maximum absolute atomic E-state index is 11.6. The molecule has 0 radical (unpaired) electrons. The fourth-order valence-corrected chi connectivity index (χ4v) is 8.96. The summed E-state index contributed by atoms with van der Waals surface area (Å²) in [6.45, 7) is 9.24. The van der Waals surface area contributed by atoms with Crippen molar-refractivity contribution in [2.45, 2.75) is 91.3 Å². The van der Waals surface area contributed by atoms with E-state index in [2.05, 4.69) is 27.7 Å². The van der Waals surface area contributed by atoms with E-state index in [9.17, 15) is 15.0 Å². The van der Waals surface area contributed by atoms with E-state index in [0.29, 0.717) is 35.5 Å². The van der Waals surface area contributed by atoms with E-state index in [1.807, 2.05) is 0 Å². The van der Waals surface area contributed by atoms with Crippen molar-refractivity contribution in [2.24, 2.45) is 52.3 Å².